The highest BCUT2D eigenvalue weighted by Crippen LogP contribution is 2.33. The zero-order valence-corrected chi connectivity index (χ0v) is 17.1. The van der Waals surface area contributed by atoms with E-state index in [0.29, 0.717) is 23.8 Å². The number of rotatable bonds is 3. The minimum Gasteiger partial charge on any atom is -0.361 e. The van der Waals surface area contributed by atoms with Crippen LogP contribution in [0.25, 0.3) is 11.4 Å². The fraction of sp³-hybridized carbons (Fsp3) is 0.429. The molecule has 0 radical (unpaired) electrons. The van der Waals surface area contributed by atoms with Crippen molar-refractivity contribution in [2.75, 3.05) is 6.54 Å². The Hall–Kier alpha value is -3.16. The molecule has 150 valence electrons. The molecule has 4 heterocycles. The number of carbonyl (C=O) groups excluding carboxylic acids is 1. The average Bonchev–Trinajstić information content (AvgIpc) is 3.05. The van der Waals surface area contributed by atoms with Crippen LogP contribution >= 0.6 is 0 Å². The lowest BCUT2D eigenvalue weighted by atomic mass is 9.98. The molecule has 1 fully saturated rings. The number of nitrogens with zero attached hydrogens (tertiary/aromatic N) is 6. The fourth-order valence-electron chi connectivity index (χ4n) is 3.81. The molecule has 0 saturated carbocycles. The van der Waals surface area contributed by atoms with Crippen LogP contribution in [0.15, 0.2) is 23.0 Å². The highest BCUT2D eigenvalue weighted by atomic mass is 16.5. The van der Waals surface area contributed by atoms with E-state index in [2.05, 4.69) is 20.1 Å². The number of aromatic nitrogens is 5. The number of hydrogen-bond donors (Lipinski definition) is 0. The Kier molecular flexibility index (Phi) is 5.08. The van der Waals surface area contributed by atoms with Crippen LogP contribution in [0.1, 0.15) is 64.3 Å². The van der Waals surface area contributed by atoms with Gasteiger partial charge >= 0.3 is 0 Å². The second-order valence-electron chi connectivity index (χ2n) is 7.51. The lowest BCUT2D eigenvalue weighted by molar-refractivity contribution is 0.0599. The number of carbonyl (C=O) groups is 1. The Labute approximate surface area is 169 Å². The van der Waals surface area contributed by atoms with Gasteiger partial charge in [-0.25, -0.2) is 15.0 Å². The monoisotopic (exact) mass is 392 g/mol. The summed E-state index contributed by atoms with van der Waals surface area (Å²) in [7, 11) is 0. The zero-order valence-electron chi connectivity index (χ0n) is 17.1. The predicted octanol–water partition coefficient (Wildman–Crippen LogP) is 3.52. The van der Waals surface area contributed by atoms with Crippen LogP contribution in [0.3, 0.4) is 0 Å². The van der Waals surface area contributed by atoms with Crippen molar-refractivity contribution in [3.05, 3.63) is 52.7 Å². The molecule has 0 unspecified atom stereocenters. The van der Waals surface area contributed by atoms with Crippen molar-refractivity contribution in [2.24, 2.45) is 0 Å². The molecule has 1 aliphatic heterocycles. The summed E-state index contributed by atoms with van der Waals surface area (Å²) in [6.07, 6.45) is 6.02. The predicted molar refractivity (Wildman–Crippen MR) is 106 cm³/mol. The van der Waals surface area contributed by atoms with Gasteiger partial charge < -0.3 is 9.42 Å². The SMILES string of the molecule is Cc1cnc(C(=O)N2CCCC[C@@H]2c2cc(C)nc(-c3c(C)noc3C)n2)cn1. The maximum Gasteiger partial charge on any atom is 0.274 e. The first-order valence-electron chi connectivity index (χ1n) is 9.82. The van der Waals surface area contributed by atoms with E-state index >= 15 is 0 Å². The molecule has 0 aliphatic carbocycles. The normalized spacial score (nSPS) is 16.8. The Morgan fingerprint density at radius 2 is 1.90 bits per heavy atom. The fourth-order valence-corrected chi connectivity index (χ4v) is 3.81. The highest BCUT2D eigenvalue weighted by molar-refractivity contribution is 5.92. The van der Waals surface area contributed by atoms with Gasteiger partial charge in [-0.3, -0.25) is 9.78 Å². The molecular formula is C21H24N6O2. The quantitative estimate of drug-likeness (QED) is 0.672. The van der Waals surface area contributed by atoms with E-state index in [9.17, 15) is 4.79 Å². The number of likely N-dealkylation sites (tertiary alicyclic amines) is 1. The van der Waals surface area contributed by atoms with Crippen LogP contribution in [0.2, 0.25) is 0 Å². The van der Waals surface area contributed by atoms with E-state index in [1.54, 1.807) is 12.4 Å². The van der Waals surface area contributed by atoms with Gasteiger partial charge in [-0.05, 0) is 53.0 Å². The standard InChI is InChI=1S/C21H24N6O2/c1-12-9-16(25-20(24-12)19-14(3)26-29-15(19)4)18-7-5-6-8-27(18)21(28)17-11-22-13(2)10-23-17/h9-11,18H,5-8H2,1-4H3/t18-/m1/s1. The largest absolute Gasteiger partial charge is 0.361 e. The second kappa shape index (κ2) is 7.69. The van der Waals surface area contributed by atoms with Crippen LogP contribution in [0, 0.1) is 27.7 Å². The summed E-state index contributed by atoms with van der Waals surface area (Å²) in [5.74, 6) is 1.16. The third kappa shape index (κ3) is 3.74. The molecule has 1 atom stereocenters. The Morgan fingerprint density at radius 1 is 1.07 bits per heavy atom. The summed E-state index contributed by atoms with van der Waals surface area (Å²) in [5.41, 5.74) is 4.39. The minimum atomic E-state index is -0.125. The van der Waals surface area contributed by atoms with Crippen molar-refractivity contribution in [1.82, 2.24) is 30.0 Å². The molecule has 4 rings (SSSR count). The van der Waals surface area contributed by atoms with Gasteiger partial charge in [0.15, 0.2) is 5.82 Å². The van der Waals surface area contributed by atoms with Crippen molar-refractivity contribution in [1.29, 1.82) is 0 Å². The van der Waals surface area contributed by atoms with Crippen molar-refractivity contribution < 1.29 is 9.32 Å². The molecule has 1 aliphatic rings. The number of aryl methyl sites for hydroxylation is 4. The molecule has 0 aromatic carbocycles. The van der Waals surface area contributed by atoms with E-state index in [1.165, 1.54) is 0 Å². The van der Waals surface area contributed by atoms with Gasteiger partial charge in [0, 0.05) is 18.4 Å². The first-order chi connectivity index (χ1) is 13.9. The summed E-state index contributed by atoms with van der Waals surface area (Å²) in [4.78, 5) is 32.9. The Balaban J connectivity index is 1.72. The van der Waals surface area contributed by atoms with Gasteiger partial charge in [0.25, 0.3) is 5.91 Å². The van der Waals surface area contributed by atoms with Gasteiger partial charge in [0.2, 0.25) is 0 Å². The van der Waals surface area contributed by atoms with Crippen LogP contribution in [-0.4, -0.2) is 42.4 Å². The average molecular weight is 392 g/mol. The van der Waals surface area contributed by atoms with E-state index in [-0.39, 0.29) is 11.9 Å². The van der Waals surface area contributed by atoms with Crippen LogP contribution in [0.5, 0.6) is 0 Å². The number of hydrogen-bond acceptors (Lipinski definition) is 7. The third-order valence-corrected chi connectivity index (χ3v) is 5.24. The second-order valence-corrected chi connectivity index (χ2v) is 7.51. The summed E-state index contributed by atoms with van der Waals surface area (Å²) in [6.45, 7) is 8.19. The van der Waals surface area contributed by atoms with Gasteiger partial charge in [0.05, 0.1) is 34.9 Å². The van der Waals surface area contributed by atoms with E-state index < -0.39 is 0 Å². The molecule has 3 aromatic rings. The molecule has 1 amide bonds. The molecule has 3 aromatic heterocycles. The molecule has 8 nitrogen and oxygen atoms in total. The van der Waals surface area contributed by atoms with E-state index in [4.69, 9.17) is 9.51 Å². The Bertz CT molecular complexity index is 1020. The zero-order chi connectivity index (χ0) is 20.5. The Morgan fingerprint density at radius 3 is 2.59 bits per heavy atom. The smallest absolute Gasteiger partial charge is 0.274 e. The molecule has 29 heavy (non-hydrogen) atoms. The summed E-state index contributed by atoms with van der Waals surface area (Å²) >= 11 is 0. The van der Waals surface area contributed by atoms with Crippen LogP contribution in [-0.2, 0) is 0 Å². The molecule has 1 saturated heterocycles. The van der Waals surface area contributed by atoms with Crippen LogP contribution in [0.4, 0.5) is 0 Å². The molecule has 0 bridgehead atoms. The van der Waals surface area contributed by atoms with Crippen molar-refractivity contribution in [3.63, 3.8) is 0 Å². The molecule has 8 heteroatoms. The molecule has 0 N–H and O–H groups in total. The number of piperidine rings is 1. The van der Waals surface area contributed by atoms with Crippen LogP contribution < -0.4 is 0 Å². The van der Waals surface area contributed by atoms with Gasteiger partial charge in [-0.15, -0.1) is 0 Å². The maximum atomic E-state index is 13.2. The summed E-state index contributed by atoms with van der Waals surface area (Å²) in [5, 5.41) is 4.02. The lowest BCUT2D eigenvalue weighted by Crippen LogP contribution is -2.39. The number of amides is 1. The van der Waals surface area contributed by atoms with Gasteiger partial charge in [-0.2, -0.15) is 0 Å². The minimum absolute atomic E-state index is 0.114. The van der Waals surface area contributed by atoms with E-state index in [1.807, 2.05) is 38.7 Å². The van der Waals surface area contributed by atoms with Crippen molar-refractivity contribution in [3.8, 4) is 11.4 Å². The lowest BCUT2D eigenvalue weighted by Gasteiger charge is -2.35. The molecule has 0 spiro atoms. The maximum absolute atomic E-state index is 13.2. The highest BCUT2D eigenvalue weighted by Gasteiger charge is 2.31. The van der Waals surface area contributed by atoms with Crippen molar-refractivity contribution in [2.45, 2.75) is 53.0 Å². The van der Waals surface area contributed by atoms with Crippen molar-refractivity contribution >= 4 is 5.91 Å². The summed E-state index contributed by atoms with van der Waals surface area (Å²) in [6, 6.07) is 1.83. The van der Waals surface area contributed by atoms with E-state index in [0.717, 1.165) is 47.6 Å². The third-order valence-electron chi connectivity index (χ3n) is 5.24. The summed E-state index contributed by atoms with van der Waals surface area (Å²) < 4.78 is 5.29. The first-order valence-corrected chi connectivity index (χ1v) is 9.82. The topological polar surface area (TPSA) is 97.9 Å². The van der Waals surface area contributed by atoms with Gasteiger partial charge in [0.1, 0.15) is 11.5 Å². The molecular weight excluding hydrogens is 368 g/mol. The first kappa shape index (κ1) is 19.2. The van der Waals surface area contributed by atoms with Gasteiger partial charge in [-0.1, -0.05) is 5.16 Å².